The van der Waals surface area contributed by atoms with Gasteiger partial charge in [0, 0.05) is 6.04 Å². The van der Waals surface area contributed by atoms with Crippen molar-refractivity contribution in [3.05, 3.63) is 0 Å². The highest BCUT2D eigenvalue weighted by molar-refractivity contribution is 5.75. The lowest BCUT2D eigenvalue weighted by atomic mass is 9.83. The van der Waals surface area contributed by atoms with Gasteiger partial charge in [-0.1, -0.05) is 6.92 Å². The van der Waals surface area contributed by atoms with Crippen LogP contribution in [-0.2, 0) is 14.3 Å². The van der Waals surface area contributed by atoms with Crippen LogP contribution in [0.2, 0.25) is 0 Å². The lowest BCUT2D eigenvalue weighted by Crippen LogP contribution is -2.47. The first-order valence-corrected chi connectivity index (χ1v) is 6.25. The van der Waals surface area contributed by atoms with Crippen LogP contribution in [0.5, 0.6) is 0 Å². The van der Waals surface area contributed by atoms with E-state index < -0.39 is 36.2 Å². The summed E-state index contributed by atoms with van der Waals surface area (Å²) in [4.78, 5) is 22.3. The van der Waals surface area contributed by atoms with Gasteiger partial charge in [-0.3, -0.25) is 10.1 Å². The minimum atomic E-state index is -1.50. The maximum Gasteiger partial charge on any atom is 0.350 e. The number of hydrogen-bond acceptors (Lipinski definition) is 6. The molecule has 0 aromatic rings. The summed E-state index contributed by atoms with van der Waals surface area (Å²) in [6, 6.07) is -0.423. The Kier molecular flexibility index (Phi) is 7.58. The molecule has 0 heterocycles. The number of hydrogen-bond donors (Lipinski definition) is 4. The molecule has 112 valence electrons. The predicted octanol–water partition coefficient (Wildman–Crippen LogP) is -0.291. The van der Waals surface area contributed by atoms with Gasteiger partial charge in [-0.05, 0) is 26.7 Å². The third-order valence-corrected chi connectivity index (χ3v) is 2.96. The van der Waals surface area contributed by atoms with E-state index in [0.717, 1.165) is 0 Å². The minimum absolute atomic E-state index is 0.0891. The monoisotopic (exact) mass is 277 g/mol. The summed E-state index contributed by atoms with van der Waals surface area (Å²) in [7, 11) is 0. The van der Waals surface area contributed by atoms with Crippen molar-refractivity contribution in [3.8, 4) is 0 Å². The van der Waals surface area contributed by atoms with Crippen LogP contribution < -0.4 is 5.32 Å². The average Bonchev–Trinajstić information content (AvgIpc) is 2.37. The number of ether oxygens (including phenoxy) is 1. The Hall–Kier alpha value is -1.18. The van der Waals surface area contributed by atoms with E-state index >= 15 is 0 Å². The molecule has 0 aliphatic carbocycles. The van der Waals surface area contributed by atoms with E-state index in [9.17, 15) is 14.7 Å². The molecule has 0 aliphatic rings. The molecule has 0 bridgehead atoms. The van der Waals surface area contributed by atoms with E-state index in [1.54, 1.807) is 13.8 Å². The van der Waals surface area contributed by atoms with Crippen LogP contribution in [0.4, 0.5) is 0 Å². The van der Waals surface area contributed by atoms with Crippen LogP contribution in [0, 0.1) is 5.41 Å². The van der Waals surface area contributed by atoms with Crippen LogP contribution in [0.25, 0.3) is 0 Å². The van der Waals surface area contributed by atoms with E-state index in [1.165, 1.54) is 6.92 Å². The Morgan fingerprint density at radius 3 is 2.32 bits per heavy atom. The molecule has 0 aromatic heterocycles. The fraction of sp³-hybridized carbons (Fsp3) is 0.833. The van der Waals surface area contributed by atoms with Gasteiger partial charge in [0.1, 0.15) is 0 Å². The second kappa shape index (κ2) is 8.08. The van der Waals surface area contributed by atoms with E-state index in [1.807, 2.05) is 0 Å². The molecule has 19 heavy (non-hydrogen) atoms. The van der Waals surface area contributed by atoms with Crippen molar-refractivity contribution in [2.24, 2.45) is 5.41 Å². The van der Waals surface area contributed by atoms with Gasteiger partial charge in [0.2, 0.25) is 6.23 Å². The molecule has 0 spiro atoms. The Morgan fingerprint density at radius 1 is 1.37 bits per heavy atom. The summed E-state index contributed by atoms with van der Waals surface area (Å²) in [6.07, 6.45) is -0.910. The number of carbonyl (C=O) groups is 2. The minimum Gasteiger partial charge on any atom is -0.481 e. The van der Waals surface area contributed by atoms with Gasteiger partial charge in [0.15, 0.2) is 0 Å². The zero-order valence-corrected chi connectivity index (χ0v) is 11.5. The lowest BCUT2D eigenvalue weighted by Gasteiger charge is -2.28. The highest BCUT2D eigenvalue weighted by atomic mass is 16.5. The third kappa shape index (κ3) is 5.54. The standard InChI is InChI=1S/C12H23NO6/c1-4-8(6-12(3,7-14)11(17)18)13-9(15)10(16)19-5-2/h8-9,13-15H,4-7H2,1-3H3,(H,17,18)/t8-,9?,12+/m1/s1. The van der Waals surface area contributed by atoms with Gasteiger partial charge in [-0.25, -0.2) is 4.79 Å². The summed E-state index contributed by atoms with van der Waals surface area (Å²) in [5.74, 6) is -1.93. The molecule has 7 nitrogen and oxygen atoms in total. The van der Waals surface area contributed by atoms with Gasteiger partial charge in [-0.15, -0.1) is 0 Å². The summed E-state index contributed by atoms with van der Waals surface area (Å²) in [5.41, 5.74) is -1.32. The highest BCUT2D eigenvalue weighted by Gasteiger charge is 2.35. The van der Waals surface area contributed by atoms with Gasteiger partial charge in [0.25, 0.3) is 0 Å². The average molecular weight is 277 g/mol. The number of carboxylic acid groups (broad SMARTS) is 1. The number of nitrogens with one attached hydrogen (secondary N) is 1. The van der Waals surface area contributed by atoms with Crippen molar-refractivity contribution >= 4 is 11.9 Å². The number of rotatable bonds is 9. The molecule has 0 radical (unpaired) electrons. The molecule has 0 rings (SSSR count). The summed E-state index contributed by atoms with van der Waals surface area (Å²) < 4.78 is 4.64. The van der Waals surface area contributed by atoms with Crippen molar-refractivity contribution in [1.29, 1.82) is 0 Å². The number of aliphatic hydroxyl groups excluding tert-OH is 2. The normalized spacial score (nSPS) is 17.3. The van der Waals surface area contributed by atoms with Crippen LogP contribution in [0.1, 0.15) is 33.6 Å². The molecule has 1 unspecified atom stereocenters. The molecule has 0 aliphatic heterocycles. The van der Waals surface area contributed by atoms with Crippen molar-refractivity contribution < 1.29 is 29.6 Å². The zero-order chi connectivity index (χ0) is 15.1. The lowest BCUT2D eigenvalue weighted by molar-refractivity contribution is -0.156. The predicted molar refractivity (Wildman–Crippen MR) is 67.3 cm³/mol. The Bertz CT molecular complexity index is 309. The first-order valence-electron chi connectivity index (χ1n) is 6.25. The molecule has 0 aromatic carbocycles. The SMILES string of the molecule is CCOC(=O)C(O)N[C@H](CC)C[C@@](C)(CO)C(=O)O. The highest BCUT2D eigenvalue weighted by Crippen LogP contribution is 2.24. The maximum absolute atomic E-state index is 11.3. The van der Waals surface area contributed by atoms with Crippen molar-refractivity contribution in [3.63, 3.8) is 0 Å². The van der Waals surface area contributed by atoms with E-state index in [2.05, 4.69) is 10.1 Å². The summed E-state index contributed by atoms with van der Waals surface area (Å²) in [6.45, 7) is 4.45. The number of esters is 1. The van der Waals surface area contributed by atoms with Crippen molar-refractivity contribution in [2.45, 2.75) is 45.9 Å². The van der Waals surface area contributed by atoms with Gasteiger partial charge >= 0.3 is 11.9 Å². The smallest absolute Gasteiger partial charge is 0.350 e. The van der Waals surface area contributed by atoms with Gasteiger partial charge in [0.05, 0.1) is 18.6 Å². The maximum atomic E-state index is 11.3. The second-order valence-corrected chi connectivity index (χ2v) is 4.65. The second-order valence-electron chi connectivity index (χ2n) is 4.65. The molecule has 0 saturated carbocycles. The van der Waals surface area contributed by atoms with Crippen LogP contribution in [-0.4, -0.2) is 52.7 Å². The molecule has 4 N–H and O–H groups in total. The molecular weight excluding hydrogens is 254 g/mol. The van der Waals surface area contributed by atoms with E-state index in [0.29, 0.717) is 6.42 Å². The topological polar surface area (TPSA) is 116 Å². The zero-order valence-electron chi connectivity index (χ0n) is 11.5. The van der Waals surface area contributed by atoms with Crippen molar-refractivity contribution in [2.75, 3.05) is 13.2 Å². The molecule has 7 heteroatoms. The Morgan fingerprint density at radius 2 is 1.95 bits per heavy atom. The fourth-order valence-electron chi connectivity index (χ4n) is 1.60. The van der Waals surface area contributed by atoms with Crippen molar-refractivity contribution in [1.82, 2.24) is 5.32 Å². The van der Waals surface area contributed by atoms with Crippen LogP contribution in [0.15, 0.2) is 0 Å². The Labute approximate surface area is 112 Å². The molecular formula is C12H23NO6. The molecule has 0 fully saturated rings. The molecule has 0 amide bonds. The van der Waals surface area contributed by atoms with Crippen LogP contribution >= 0.6 is 0 Å². The van der Waals surface area contributed by atoms with E-state index in [4.69, 9.17) is 10.2 Å². The molecule has 0 saturated heterocycles. The first-order chi connectivity index (χ1) is 8.80. The summed E-state index contributed by atoms with van der Waals surface area (Å²) >= 11 is 0. The quantitative estimate of drug-likeness (QED) is 0.338. The number of aliphatic carboxylic acids is 1. The number of aliphatic hydroxyl groups is 2. The summed E-state index contributed by atoms with van der Waals surface area (Å²) in [5, 5.41) is 30.4. The molecule has 3 atom stereocenters. The fourth-order valence-corrected chi connectivity index (χ4v) is 1.60. The number of carbonyl (C=O) groups excluding carboxylic acids is 1. The first kappa shape index (κ1) is 17.8. The largest absolute Gasteiger partial charge is 0.481 e. The third-order valence-electron chi connectivity index (χ3n) is 2.96. The van der Waals surface area contributed by atoms with Gasteiger partial charge < -0.3 is 20.1 Å². The number of carboxylic acids is 1. The van der Waals surface area contributed by atoms with E-state index in [-0.39, 0.29) is 13.0 Å². The van der Waals surface area contributed by atoms with Gasteiger partial charge in [-0.2, -0.15) is 0 Å². The Balaban J connectivity index is 4.59. The van der Waals surface area contributed by atoms with Crippen LogP contribution in [0.3, 0.4) is 0 Å².